The van der Waals surface area contributed by atoms with E-state index in [0.29, 0.717) is 0 Å². The molecule has 118 valence electrons. The van der Waals surface area contributed by atoms with Gasteiger partial charge in [0.05, 0.1) is 18.8 Å². The third kappa shape index (κ3) is 8.73. The van der Waals surface area contributed by atoms with Crippen LogP contribution in [0.25, 0.3) is 0 Å². The summed E-state index contributed by atoms with van der Waals surface area (Å²) < 4.78 is 49.8. The van der Waals surface area contributed by atoms with Gasteiger partial charge in [-0.2, -0.15) is 13.2 Å². The van der Waals surface area contributed by atoms with E-state index in [9.17, 15) is 22.8 Å². The number of carbonyl (C=O) groups is 2. The van der Waals surface area contributed by atoms with Crippen molar-refractivity contribution >= 4 is 11.9 Å². The summed E-state index contributed by atoms with van der Waals surface area (Å²) in [6, 6.07) is 0. The number of hydrogen-bond acceptors (Lipinski definition) is 5. The van der Waals surface area contributed by atoms with Gasteiger partial charge < -0.3 is 14.2 Å². The summed E-state index contributed by atoms with van der Waals surface area (Å²) in [5.41, 5.74) is 0. The number of carbonyl (C=O) groups excluding carboxylic acids is 2. The van der Waals surface area contributed by atoms with Crippen LogP contribution in [0.3, 0.4) is 0 Å². The Bertz CT molecular complexity index is 304. The lowest BCUT2D eigenvalue weighted by Gasteiger charge is -2.18. The summed E-state index contributed by atoms with van der Waals surface area (Å²) >= 11 is 0. The molecule has 0 radical (unpaired) electrons. The van der Waals surface area contributed by atoms with Crippen LogP contribution in [0.2, 0.25) is 0 Å². The summed E-state index contributed by atoms with van der Waals surface area (Å²) in [5.74, 6) is -3.46. The lowest BCUT2D eigenvalue weighted by Crippen LogP contribution is -2.35. The molecule has 0 rings (SSSR count). The highest BCUT2D eigenvalue weighted by molar-refractivity contribution is 5.95. The first kappa shape index (κ1) is 18.7. The molecule has 0 aromatic heterocycles. The monoisotopic (exact) mass is 300 g/mol. The normalized spacial score (nSPS) is 12.1. The van der Waals surface area contributed by atoms with Gasteiger partial charge in [-0.05, 0) is 27.7 Å². The maximum atomic E-state index is 12.0. The molecule has 0 saturated carbocycles. The standard InChI is InChI=1S/C12H19F3O5/c1-7(2)19-10(16)9(11(17)20-8(3)4)5-18-6-12(13,14)15/h7-9H,5-6H2,1-4H3. The summed E-state index contributed by atoms with van der Waals surface area (Å²) in [6.45, 7) is 3.93. The minimum atomic E-state index is -4.53. The van der Waals surface area contributed by atoms with E-state index in [0.717, 1.165) is 0 Å². The highest BCUT2D eigenvalue weighted by atomic mass is 19.4. The number of rotatable bonds is 7. The van der Waals surface area contributed by atoms with Crippen molar-refractivity contribution in [2.75, 3.05) is 13.2 Å². The van der Waals surface area contributed by atoms with Gasteiger partial charge in [0.1, 0.15) is 6.61 Å². The number of hydrogen-bond donors (Lipinski definition) is 0. The molecular formula is C12H19F3O5. The predicted molar refractivity (Wildman–Crippen MR) is 62.8 cm³/mol. The topological polar surface area (TPSA) is 61.8 Å². The fraction of sp³-hybridized carbons (Fsp3) is 0.833. The molecule has 0 unspecified atom stereocenters. The van der Waals surface area contributed by atoms with Crippen LogP contribution in [-0.2, 0) is 23.8 Å². The Balaban J connectivity index is 4.62. The van der Waals surface area contributed by atoms with Crippen LogP contribution in [-0.4, -0.2) is 43.5 Å². The first-order valence-electron chi connectivity index (χ1n) is 6.08. The van der Waals surface area contributed by atoms with Crippen molar-refractivity contribution in [3.8, 4) is 0 Å². The molecule has 0 aromatic rings. The van der Waals surface area contributed by atoms with Crippen molar-refractivity contribution in [1.82, 2.24) is 0 Å². The molecule has 0 spiro atoms. The third-order valence-electron chi connectivity index (χ3n) is 1.82. The van der Waals surface area contributed by atoms with E-state index in [4.69, 9.17) is 9.47 Å². The molecule has 0 aromatic carbocycles. The van der Waals surface area contributed by atoms with Crippen LogP contribution in [0.15, 0.2) is 0 Å². The van der Waals surface area contributed by atoms with Crippen LogP contribution < -0.4 is 0 Å². The number of halogens is 3. The molecule has 0 heterocycles. The third-order valence-corrected chi connectivity index (χ3v) is 1.82. The van der Waals surface area contributed by atoms with E-state index in [2.05, 4.69) is 4.74 Å². The summed E-state index contributed by atoms with van der Waals surface area (Å²) in [6.07, 6.45) is -5.53. The van der Waals surface area contributed by atoms with Gasteiger partial charge in [0.2, 0.25) is 0 Å². The largest absolute Gasteiger partial charge is 0.462 e. The van der Waals surface area contributed by atoms with Crippen LogP contribution in [0.4, 0.5) is 13.2 Å². The van der Waals surface area contributed by atoms with Crippen LogP contribution >= 0.6 is 0 Å². The highest BCUT2D eigenvalue weighted by Gasteiger charge is 2.34. The van der Waals surface area contributed by atoms with E-state index < -0.39 is 49.5 Å². The van der Waals surface area contributed by atoms with E-state index >= 15 is 0 Å². The molecule has 8 heteroatoms. The van der Waals surface area contributed by atoms with Gasteiger partial charge in [-0.25, -0.2) is 0 Å². The van der Waals surface area contributed by atoms with Gasteiger partial charge in [0.25, 0.3) is 0 Å². The second kappa shape index (κ2) is 8.08. The Hall–Kier alpha value is -1.31. The van der Waals surface area contributed by atoms with Gasteiger partial charge in [-0.3, -0.25) is 9.59 Å². The highest BCUT2D eigenvalue weighted by Crippen LogP contribution is 2.16. The van der Waals surface area contributed by atoms with Gasteiger partial charge in [-0.15, -0.1) is 0 Å². The number of esters is 2. The molecular weight excluding hydrogens is 281 g/mol. The van der Waals surface area contributed by atoms with Gasteiger partial charge in [0.15, 0.2) is 5.92 Å². The maximum absolute atomic E-state index is 12.0. The molecule has 0 atom stereocenters. The Morgan fingerprint density at radius 3 is 1.65 bits per heavy atom. The molecule has 0 aliphatic rings. The second-order valence-corrected chi connectivity index (χ2v) is 4.65. The van der Waals surface area contributed by atoms with E-state index in [1.807, 2.05) is 0 Å². The Labute approximate surface area is 115 Å². The minimum Gasteiger partial charge on any atom is -0.462 e. The second-order valence-electron chi connectivity index (χ2n) is 4.65. The lowest BCUT2D eigenvalue weighted by molar-refractivity contribution is -0.187. The molecule has 0 bridgehead atoms. The first-order chi connectivity index (χ1) is 9.03. The smallest absolute Gasteiger partial charge is 0.411 e. The van der Waals surface area contributed by atoms with Crippen molar-refractivity contribution in [2.24, 2.45) is 5.92 Å². The first-order valence-corrected chi connectivity index (χ1v) is 6.08. The summed E-state index contributed by atoms with van der Waals surface area (Å²) in [7, 11) is 0. The Morgan fingerprint density at radius 2 is 1.35 bits per heavy atom. The van der Waals surface area contributed by atoms with E-state index in [1.54, 1.807) is 27.7 Å². The SMILES string of the molecule is CC(C)OC(=O)C(COCC(F)(F)F)C(=O)OC(C)C. The molecule has 20 heavy (non-hydrogen) atoms. The van der Waals surface area contributed by atoms with Crippen LogP contribution in [0, 0.1) is 5.92 Å². The lowest BCUT2D eigenvalue weighted by atomic mass is 10.1. The van der Waals surface area contributed by atoms with Crippen LogP contribution in [0.5, 0.6) is 0 Å². The van der Waals surface area contributed by atoms with Gasteiger partial charge in [-0.1, -0.05) is 0 Å². The maximum Gasteiger partial charge on any atom is 0.411 e. The minimum absolute atomic E-state index is 0.500. The molecule has 0 fully saturated rings. The zero-order chi connectivity index (χ0) is 15.9. The number of ether oxygens (including phenoxy) is 3. The quantitative estimate of drug-likeness (QED) is 0.532. The fourth-order valence-corrected chi connectivity index (χ4v) is 1.15. The van der Waals surface area contributed by atoms with Gasteiger partial charge in [0, 0.05) is 0 Å². The van der Waals surface area contributed by atoms with Crippen molar-refractivity contribution < 1.29 is 37.0 Å². The molecule has 0 aliphatic carbocycles. The van der Waals surface area contributed by atoms with Crippen molar-refractivity contribution in [1.29, 1.82) is 0 Å². The van der Waals surface area contributed by atoms with Gasteiger partial charge >= 0.3 is 18.1 Å². The Kier molecular flexibility index (Phi) is 7.55. The average molecular weight is 300 g/mol. The van der Waals surface area contributed by atoms with Crippen molar-refractivity contribution in [3.63, 3.8) is 0 Å². The van der Waals surface area contributed by atoms with E-state index in [1.165, 1.54) is 0 Å². The van der Waals surface area contributed by atoms with Crippen LogP contribution in [0.1, 0.15) is 27.7 Å². The summed E-state index contributed by atoms with van der Waals surface area (Å²) in [5, 5.41) is 0. The van der Waals surface area contributed by atoms with E-state index in [-0.39, 0.29) is 0 Å². The zero-order valence-electron chi connectivity index (χ0n) is 11.8. The molecule has 0 aliphatic heterocycles. The van der Waals surface area contributed by atoms with Crippen molar-refractivity contribution in [2.45, 2.75) is 46.1 Å². The summed E-state index contributed by atoms with van der Waals surface area (Å²) in [4.78, 5) is 23.3. The molecule has 0 N–H and O–H groups in total. The zero-order valence-corrected chi connectivity index (χ0v) is 11.8. The van der Waals surface area contributed by atoms with Crippen molar-refractivity contribution in [3.05, 3.63) is 0 Å². The Morgan fingerprint density at radius 1 is 0.950 bits per heavy atom. The fourth-order valence-electron chi connectivity index (χ4n) is 1.15. The molecule has 0 saturated heterocycles. The molecule has 0 amide bonds. The number of alkyl halides is 3. The average Bonchev–Trinajstić information content (AvgIpc) is 2.20. The molecule has 5 nitrogen and oxygen atoms in total. The predicted octanol–water partition coefficient (Wildman–Crippen LogP) is 2.08.